The lowest BCUT2D eigenvalue weighted by Gasteiger charge is -2.12. The molecule has 0 aliphatic carbocycles. The monoisotopic (exact) mass is 281 g/mol. The summed E-state index contributed by atoms with van der Waals surface area (Å²) in [5, 5.41) is 7.03. The van der Waals surface area contributed by atoms with E-state index in [9.17, 15) is 0 Å². The first-order chi connectivity index (χ1) is 8.58. The van der Waals surface area contributed by atoms with Crippen LogP contribution in [0.5, 0.6) is 0 Å². The van der Waals surface area contributed by atoms with E-state index >= 15 is 0 Å². The first kappa shape index (κ1) is 13.1. The largest absolute Gasteiger partial charge is 0.383 e. The van der Waals surface area contributed by atoms with Gasteiger partial charge in [-0.3, -0.25) is 0 Å². The van der Waals surface area contributed by atoms with Gasteiger partial charge in [-0.25, -0.2) is 15.0 Å². The summed E-state index contributed by atoms with van der Waals surface area (Å²) in [5.41, 5.74) is 6.77. The van der Waals surface area contributed by atoms with Crippen molar-refractivity contribution in [2.24, 2.45) is 0 Å². The summed E-state index contributed by atoms with van der Waals surface area (Å²) in [5.74, 6) is 1.20. The standard InChI is InChI=1S/C11H15N5S2/c1-6-5-18-10(13-6)7(2)14-9-4-8(12)15-11(16-9)17-3/h4-5,7H,1-3H3,(H3,12,14,15,16). The summed E-state index contributed by atoms with van der Waals surface area (Å²) in [6.45, 7) is 4.04. The van der Waals surface area contributed by atoms with Crippen molar-refractivity contribution in [2.45, 2.75) is 25.0 Å². The second-order valence-electron chi connectivity index (χ2n) is 3.86. The van der Waals surface area contributed by atoms with Crippen molar-refractivity contribution in [3.05, 3.63) is 22.1 Å². The van der Waals surface area contributed by atoms with Crippen molar-refractivity contribution in [3.8, 4) is 0 Å². The molecule has 2 aromatic heterocycles. The van der Waals surface area contributed by atoms with Crippen LogP contribution in [0.25, 0.3) is 0 Å². The molecule has 1 atom stereocenters. The van der Waals surface area contributed by atoms with Crippen LogP contribution in [0.15, 0.2) is 16.6 Å². The molecule has 0 saturated carbocycles. The van der Waals surface area contributed by atoms with Gasteiger partial charge in [-0.05, 0) is 20.1 Å². The Balaban J connectivity index is 2.16. The molecule has 0 spiro atoms. The highest BCUT2D eigenvalue weighted by atomic mass is 32.2. The quantitative estimate of drug-likeness (QED) is 0.663. The highest BCUT2D eigenvalue weighted by Gasteiger charge is 2.11. The van der Waals surface area contributed by atoms with Crippen molar-refractivity contribution < 1.29 is 0 Å². The summed E-state index contributed by atoms with van der Waals surface area (Å²) >= 11 is 3.11. The summed E-state index contributed by atoms with van der Waals surface area (Å²) in [6.07, 6.45) is 1.92. The second-order valence-corrected chi connectivity index (χ2v) is 5.52. The van der Waals surface area contributed by atoms with E-state index in [2.05, 4.69) is 27.2 Å². The predicted molar refractivity (Wildman–Crippen MR) is 77.1 cm³/mol. The fourth-order valence-electron chi connectivity index (χ4n) is 1.46. The zero-order chi connectivity index (χ0) is 13.1. The van der Waals surface area contributed by atoms with Crippen LogP contribution in [0.2, 0.25) is 0 Å². The van der Waals surface area contributed by atoms with E-state index in [1.54, 1.807) is 17.4 Å². The average Bonchev–Trinajstić information content (AvgIpc) is 2.75. The van der Waals surface area contributed by atoms with Gasteiger partial charge >= 0.3 is 0 Å². The van der Waals surface area contributed by atoms with Gasteiger partial charge in [-0.2, -0.15) is 0 Å². The van der Waals surface area contributed by atoms with Crippen molar-refractivity contribution in [1.82, 2.24) is 15.0 Å². The number of nitrogens with one attached hydrogen (secondary N) is 1. The number of anilines is 2. The molecule has 3 N–H and O–H groups in total. The third-order valence-electron chi connectivity index (χ3n) is 2.28. The first-order valence-corrected chi connectivity index (χ1v) is 7.56. The summed E-state index contributed by atoms with van der Waals surface area (Å²) in [7, 11) is 0. The molecular formula is C11H15N5S2. The van der Waals surface area contributed by atoms with Gasteiger partial charge in [0.15, 0.2) is 5.16 Å². The van der Waals surface area contributed by atoms with E-state index in [0.29, 0.717) is 11.0 Å². The van der Waals surface area contributed by atoms with E-state index in [4.69, 9.17) is 5.73 Å². The molecule has 7 heteroatoms. The molecule has 0 fully saturated rings. The number of rotatable bonds is 4. The van der Waals surface area contributed by atoms with E-state index < -0.39 is 0 Å². The maximum Gasteiger partial charge on any atom is 0.191 e. The molecule has 0 aliphatic rings. The third kappa shape index (κ3) is 3.11. The maximum absolute atomic E-state index is 5.74. The number of aryl methyl sites for hydroxylation is 1. The van der Waals surface area contributed by atoms with Crippen molar-refractivity contribution in [2.75, 3.05) is 17.3 Å². The van der Waals surface area contributed by atoms with Gasteiger partial charge in [-0.1, -0.05) is 11.8 Å². The van der Waals surface area contributed by atoms with Crippen LogP contribution in [0.1, 0.15) is 23.7 Å². The minimum absolute atomic E-state index is 0.104. The highest BCUT2D eigenvalue weighted by molar-refractivity contribution is 7.98. The SMILES string of the molecule is CSc1nc(N)cc(NC(C)c2nc(C)cs2)n1. The molecule has 2 aromatic rings. The minimum Gasteiger partial charge on any atom is -0.383 e. The summed E-state index contributed by atoms with van der Waals surface area (Å²) in [6, 6.07) is 1.84. The Hall–Kier alpha value is -1.34. The Morgan fingerprint density at radius 2 is 2.17 bits per heavy atom. The van der Waals surface area contributed by atoms with Crippen molar-refractivity contribution in [3.63, 3.8) is 0 Å². The molecule has 0 bridgehead atoms. The lowest BCUT2D eigenvalue weighted by atomic mass is 10.3. The molecule has 0 radical (unpaired) electrons. The van der Waals surface area contributed by atoms with Crippen LogP contribution in [0.3, 0.4) is 0 Å². The number of thiazole rings is 1. The normalized spacial score (nSPS) is 12.4. The van der Waals surface area contributed by atoms with Crippen LogP contribution in [-0.4, -0.2) is 21.2 Å². The Kier molecular flexibility index (Phi) is 4.03. The van der Waals surface area contributed by atoms with Gasteiger partial charge in [-0.15, -0.1) is 11.3 Å². The third-order valence-corrected chi connectivity index (χ3v) is 3.97. The van der Waals surface area contributed by atoms with Gasteiger partial charge in [0.05, 0.1) is 6.04 Å². The van der Waals surface area contributed by atoms with Crippen LogP contribution in [0.4, 0.5) is 11.6 Å². The Labute approximate surface area is 114 Å². The number of nitrogens with two attached hydrogens (primary N) is 1. The lowest BCUT2D eigenvalue weighted by Crippen LogP contribution is -2.09. The molecule has 2 rings (SSSR count). The number of aromatic nitrogens is 3. The molecule has 0 aliphatic heterocycles. The van der Waals surface area contributed by atoms with Crippen LogP contribution in [-0.2, 0) is 0 Å². The minimum atomic E-state index is 0.104. The molecular weight excluding hydrogens is 266 g/mol. The number of hydrogen-bond acceptors (Lipinski definition) is 7. The molecule has 2 heterocycles. The van der Waals surface area contributed by atoms with Gasteiger partial charge < -0.3 is 11.1 Å². The molecule has 0 aromatic carbocycles. The van der Waals surface area contributed by atoms with Gasteiger partial charge in [0, 0.05) is 17.1 Å². The fourth-order valence-corrected chi connectivity index (χ4v) is 2.65. The Bertz CT molecular complexity index is 540. The average molecular weight is 281 g/mol. The molecule has 0 amide bonds. The van der Waals surface area contributed by atoms with Gasteiger partial charge in [0.25, 0.3) is 0 Å². The van der Waals surface area contributed by atoms with E-state index in [-0.39, 0.29) is 6.04 Å². The fraction of sp³-hybridized carbons (Fsp3) is 0.364. The van der Waals surface area contributed by atoms with Gasteiger partial charge in [0.2, 0.25) is 0 Å². The van der Waals surface area contributed by atoms with Crippen molar-refractivity contribution >= 4 is 34.7 Å². The zero-order valence-corrected chi connectivity index (χ0v) is 12.1. The maximum atomic E-state index is 5.74. The topological polar surface area (TPSA) is 76.7 Å². The van der Waals surface area contributed by atoms with Gasteiger partial charge in [0.1, 0.15) is 16.6 Å². The Morgan fingerprint density at radius 1 is 1.39 bits per heavy atom. The zero-order valence-electron chi connectivity index (χ0n) is 10.5. The molecule has 5 nitrogen and oxygen atoms in total. The number of nitrogens with zero attached hydrogens (tertiary/aromatic N) is 3. The highest BCUT2D eigenvalue weighted by Crippen LogP contribution is 2.23. The van der Waals surface area contributed by atoms with Crippen molar-refractivity contribution in [1.29, 1.82) is 0 Å². The number of thioether (sulfide) groups is 1. The Morgan fingerprint density at radius 3 is 2.78 bits per heavy atom. The van der Waals surface area contributed by atoms with E-state index in [0.717, 1.165) is 16.5 Å². The van der Waals surface area contributed by atoms with Crippen LogP contribution >= 0.6 is 23.1 Å². The number of nitrogen functional groups attached to an aromatic ring is 1. The van der Waals surface area contributed by atoms with E-state index in [1.807, 2.05) is 18.6 Å². The van der Waals surface area contributed by atoms with E-state index in [1.165, 1.54) is 11.8 Å². The smallest absolute Gasteiger partial charge is 0.191 e. The lowest BCUT2D eigenvalue weighted by molar-refractivity contribution is 0.842. The molecule has 0 saturated heterocycles. The summed E-state index contributed by atoms with van der Waals surface area (Å²) < 4.78 is 0. The molecule has 18 heavy (non-hydrogen) atoms. The van der Waals surface area contributed by atoms with Crippen LogP contribution in [0, 0.1) is 6.92 Å². The predicted octanol–water partition coefficient (Wildman–Crippen LogP) is 2.72. The molecule has 96 valence electrons. The summed E-state index contributed by atoms with van der Waals surface area (Å²) in [4.78, 5) is 12.9. The number of hydrogen-bond donors (Lipinski definition) is 2. The first-order valence-electron chi connectivity index (χ1n) is 5.45. The van der Waals surface area contributed by atoms with Crippen LogP contribution < -0.4 is 11.1 Å². The molecule has 1 unspecified atom stereocenters. The second kappa shape index (κ2) is 5.53.